The lowest BCUT2D eigenvalue weighted by Gasteiger charge is -2.31. The lowest BCUT2D eigenvalue weighted by Crippen LogP contribution is -2.30. The molecule has 150 valence electrons. The van der Waals surface area contributed by atoms with Crippen molar-refractivity contribution >= 4 is 17.1 Å². The molecule has 0 aromatic heterocycles. The summed E-state index contributed by atoms with van der Waals surface area (Å²) < 4.78 is 5.28. The molecule has 0 aliphatic carbocycles. The first-order valence-electron chi connectivity index (χ1n) is 10.5. The summed E-state index contributed by atoms with van der Waals surface area (Å²) in [5, 5.41) is 3.71. The molecule has 0 radical (unpaired) electrons. The molecule has 1 heterocycles. The predicted molar refractivity (Wildman–Crippen MR) is 124 cm³/mol. The Hall–Kier alpha value is -2.94. The van der Waals surface area contributed by atoms with Crippen LogP contribution in [-0.2, 0) is 0 Å². The zero-order valence-electron chi connectivity index (χ0n) is 17.7. The van der Waals surface area contributed by atoms with Crippen LogP contribution in [0.25, 0.3) is 11.1 Å². The highest BCUT2D eigenvalue weighted by molar-refractivity contribution is 5.80. The number of para-hydroxylation sites is 1. The third kappa shape index (κ3) is 4.24. The third-order valence-corrected chi connectivity index (χ3v) is 5.84. The molecule has 3 heteroatoms. The Balaban J connectivity index is 1.61. The minimum atomic E-state index is 0.884. The van der Waals surface area contributed by atoms with E-state index in [1.54, 1.807) is 7.11 Å². The Morgan fingerprint density at radius 1 is 0.828 bits per heavy atom. The first-order valence-corrected chi connectivity index (χ1v) is 10.5. The third-order valence-electron chi connectivity index (χ3n) is 5.84. The molecule has 1 aliphatic heterocycles. The molecule has 1 fully saturated rings. The van der Waals surface area contributed by atoms with Crippen molar-refractivity contribution < 1.29 is 4.74 Å². The first-order chi connectivity index (χ1) is 14.2. The van der Waals surface area contributed by atoms with Gasteiger partial charge in [-0.05, 0) is 85.7 Å². The van der Waals surface area contributed by atoms with Gasteiger partial charge in [-0.2, -0.15) is 0 Å². The highest BCUT2D eigenvalue weighted by atomic mass is 16.5. The Kier molecular flexibility index (Phi) is 5.75. The number of nitrogens with one attached hydrogen (secondary N) is 1. The van der Waals surface area contributed by atoms with Crippen LogP contribution in [-0.4, -0.2) is 20.2 Å². The van der Waals surface area contributed by atoms with E-state index in [-0.39, 0.29) is 0 Å². The predicted octanol–water partition coefficient (Wildman–Crippen LogP) is 6.71. The number of anilines is 3. The van der Waals surface area contributed by atoms with Gasteiger partial charge in [0.05, 0.1) is 18.5 Å². The molecule has 1 saturated heterocycles. The molecular weight excluding hydrogens is 356 g/mol. The Labute approximate surface area is 174 Å². The van der Waals surface area contributed by atoms with E-state index >= 15 is 0 Å². The maximum Gasteiger partial charge on any atom is 0.118 e. The molecule has 0 spiro atoms. The van der Waals surface area contributed by atoms with Gasteiger partial charge in [-0.1, -0.05) is 30.3 Å². The van der Waals surface area contributed by atoms with Crippen molar-refractivity contribution in [3.63, 3.8) is 0 Å². The fourth-order valence-electron chi connectivity index (χ4n) is 4.19. The molecule has 1 N–H and O–H groups in total. The van der Waals surface area contributed by atoms with E-state index < -0.39 is 0 Å². The molecule has 3 aromatic rings. The molecule has 29 heavy (non-hydrogen) atoms. The van der Waals surface area contributed by atoms with Crippen molar-refractivity contribution in [2.45, 2.75) is 33.1 Å². The van der Waals surface area contributed by atoms with Gasteiger partial charge >= 0.3 is 0 Å². The summed E-state index contributed by atoms with van der Waals surface area (Å²) in [7, 11) is 1.70. The van der Waals surface area contributed by atoms with Crippen molar-refractivity contribution in [1.82, 2.24) is 0 Å². The fraction of sp³-hybridized carbons (Fsp3) is 0.308. The van der Waals surface area contributed by atoms with Crippen LogP contribution in [0.15, 0.2) is 60.7 Å². The van der Waals surface area contributed by atoms with Crippen molar-refractivity contribution in [3.8, 4) is 16.9 Å². The van der Waals surface area contributed by atoms with Crippen LogP contribution >= 0.6 is 0 Å². The molecule has 1 aliphatic rings. The zero-order chi connectivity index (χ0) is 20.2. The Morgan fingerprint density at radius 2 is 1.59 bits per heavy atom. The van der Waals surface area contributed by atoms with Gasteiger partial charge in [-0.25, -0.2) is 0 Å². The second-order valence-electron chi connectivity index (χ2n) is 7.90. The number of piperidine rings is 1. The van der Waals surface area contributed by atoms with E-state index in [2.05, 4.69) is 72.6 Å². The quantitative estimate of drug-likeness (QED) is 0.527. The number of hydrogen-bond donors (Lipinski definition) is 1. The largest absolute Gasteiger partial charge is 0.497 e. The maximum atomic E-state index is 5.28. The van der Waals surface area contributed by atoms with Gasteiger partial charge in [-0.15, -0.1) is 0 Å². The Morgan fingerprint density at radius 3 is 2.28 bits per heavy atom. The molecule has 3 aromatic carbocycles. The number of aryl methyl sites for hydroxylation is 2. The van der Waals surface area contributed by atoms with Crippen molar-refractivity contribution in [2.24, 2.45) is 0 Å². The highest BCUT2D eigenvalue weighted by Crippen LogP contribution is 2.35. The summed E-state index contributed by atoms with van der Waals surface area (Å²) in [4.78, 5) is 2.53. The summed E-state index contributed by atoms with van der Waals surface area (Å²) in [5.41, 5.74) is 8.68. The number of nitrogens with zero attached hydrogens (tertiary/aromatic N) is 1. The van der Waals surface area contributed by atoms with Crippen LogP contribution in [0.1, 0.15) is 30.4 Å². The number of ether oxygens (including phenoxy) is 1. The second kappa shape index (κ2) is 8.60. The lowest BCUT2D eigenvalue weighted by molar-refractivity contribution is 0.415. The summed E-state index contributed by atoms with van der Waals surface area (Å²) >= 11 is 0. The zero-order valence-corrected chi connectivity index (χ0v) is 17.7. The molecule has 0 atom stereocenters. The first kappa shape index (κ1) is 19.4. The lowest BCUT2D eigenvalue weighted by atomic mass is 9.99. The van der Waals surface area contributed by atoms with Crippen LogP contribution in [0.2, 0.25) is 0 Å². The molecule has 0 bridgehead atoms. The van der Waals surface area contributed by atoms with Crippen LogP contribution in [0.4, 0.5) is 17.1 Å². The van der Waals surface area contributed by atoms with E-state index in [0.29, 0.717) is 0 Å². The average Bonchev–Trinajstić information content (AvgIpc) is 2.76. The molecule has 4 rings (SSSR count). The SMILES string of the molecule is COc1ccc(-c2ccc(Nc3c(C)cccc3N3CCCCC3)cc2C)cc1. The van der Waals surface area contributed by atoms with Gasteiger partial charge in [0.25, 0.3) is 0 Å². The van der Waals surface area contributed by atoms with E-state index in [0.717, 1.165) is 24.5 Å². The average molecular weight is 387 g/mol. The molecular formula is C26H30N2O. The van der Waals surface area contributed by atoms with Gasteiger partial charge < -0.3 is 15.0 Å². The van der Waals surface area contributed by atoms with Gasteiger partial charge in [-0.3, -0.25) is 0 Å². The molecule has 0 unspecified atom stereocenters. The molecule has 0 saturated carbocycles. The summed E-state index contributed by atoms with van der Waals surface area (Å²) in [6.45, 7) is 6.66. The van der Waals surface area contributed by atoms with Crippen molar-refractivity contribution in [3.05, 3.63) is 71.8 Å². The van der Waals surface area contributed by atoms with Gasteiger partial charge in [0.15, 0.2) is 0 Å². The standard InChI is InChI=1S/C26H30N2O/c1-19-8-7-9-25(28-16-5-4-6-17-28)26(19)27-22-12-15-24(20(2)18-22)21-10-13-23(29-3)14-11-21/h7-15,18,27H,4-6,16-17H2,1-3H3. The van der Waals surface area contributed by atoms with Crippen molar-refractivity contribution in [1.29, 1.82) is 0 Å². The molecule has 0 amide bonds. The fourth-order valence-corrected chi connectivity index (χ4v) is 4.19. The van der Waals surface area contributed by atoms with Crippen LogP contribution in [0, 0.1) is 13.8 Å². The second-order valence-corrected chi connectivity index (χ2v) is 7.90. The summed E-state index contributed by atoms with van der Waals surface area (Å²) in [5.74, 6) is 0.884. The number of methoxy groups -OCH3 is 1. The topological polar surface area (TPSA) is 24.5 Å². The monoisotopic (exact) mass is 386 g/mol. The summed E-state index contributed by atoms with van der Waals surface area (Å²) in [6, 6.07) is 21.5. The minimum Gasteiger partial charge on any atom is -0.497 e. The van der Waals surface area contributed by atoms with Crippen LogP contribution in [0.3, 0.4) is 0 Å². The number of hydrogen-bond acceptors (Lipinski definition) is 3. The maximum absolute atomic E-state index is 5.28. The van der Waals surface area contributed by atoms with E-state index in [1.165, 1.54) is 52.9 Å². The van der Waals surface area contributed by atoms with Gasteiger partial charge in [0, 0.05) is 18.8 Å². The van der Waals surface area contributed by atoms with E-state index in [9.17, 15) is 0 Å². The normalized spacial score (nSPS) is 14.0. The van der Waals surface area contributed by atoms with E-state index in [1.807, 2.05) is 12.1 Å². The highest BCUT2D eigenvalue weighted by Gasteiger charge is 2.16. The number of rotatable bonds is 5. The molecule has 3 nitrogen and oxygen atoms in total. The van der Waals surface area contributed by atoms with E-state index in [4.69, 9.17) is 4.74 Å². The van der Waals surface area contributed by atoms with Gasteiger partial charge in [0.2, 0.25) is 0 Å². The minimum absolute atomic E-state index is 0.884. The Bertz CT molecular complexity index is 972. The van der Waals surface area contributed by atoms with Crippen LogP contribution in [0.5, 0.6) is 5.75 Å². The van der Waals surface area contributed by atoms with Crippen molar-refractivity contribution in [2.75, 3.05) is 30.4 Å². The smallest absolute Gasteiger partial charge is 0.118 e. The number of benzene rings is 3. The summed E-state index contributed by atoms with van der Waals surface area (Å²) in [6.07, 6.45) is 3.91. The van der Waals surface area contributed by atoms with Gasteiger partial charge in [0.1, 0.15) is 5.75 Å². The van der Waals surface area contributed by atoms with Crippen LogP contribution < -0.4 is 15.0 Å².